The molecule has 1 saturated carbocycles. The number of likely N-dealkylation sites (tertiary alicyclic amines) is 1. The molecule has 0 atom stereocenters. The quantitative estimate of drug-likeness (QED) is 0.295. The van der Waals surface area contributed by atoms with Crippen molar-refractivity contribution in [2.24, 2.45) is 5.92 Å². The van der Waals surface area contributed by atoms with Gasteiger partial charge in [-0.2, -0.15) is 5.10 Å². The van der Waals surface area contributed by atoms with Crippen LogP contribution in [0.5, 0.6) is 0 Å². The molecule has 0 N–H and O–H groups in total. The molecule has 2 aliphatic rings. The molecular weight excluding hydrogens is 505 g/mol. The minimum absolute atomic E-state index is 0.262. The van der Waals surface area contributed by atoms with Crippen molar-refractivity contribution in [2.75, 3.05) is 26.3 Å². The number of carbonyl (C=O) groups is 1. The van der Waals surface area contributed by atoms with Crippen LogP contribution in [0, 0.1) is 11.7 Å². The molecule has 0 unspecified atom stereocenters. The molecule has 1 amide bonds. The zero-order valence-corrected chi connectivity index (χ0v) is 23.3. The molecule has 2 heterocycles. The molecule has 2 aromatic carbocycles. The van der Waals surface area contributed by atoms with Gasteiger partial charge in [-0.1, -0.05) is 23.7 Å². The van der Waals surface area contributed by atoms with Gasteiger partial charge in [0.1, 0.15) is 11.4 Å². The van der Waals surface area contributed by atoms with Gasteiger partial charge in [-0.3, -0.25) is 4.68 Å². The Labute approximate surface area is 229 Å². The fourth-order valence-electron chi connectivity index (χ4n) is 5.28. The van der Waals surface area contributed by atoms with Gasteiger partial charge in [-0.05, 0) is 94.2 Å². The highest BCUT2D eigenvalue weighted by atomic mass is 35.5. The monoisotopic (exact) mass is 541 g/mol. The number of halogens is 2. The highest BCUT2D eigenvalue weighted by Gasteiger charge is 2.39. The first-order valence-corrected chi connectivity index (χ1v) is 14.0. The summed E-state index contributed by atoms with van der Waals surface area (Å²) in [5.74, 6) is 0.484. The fraction of sp³-hybridized carbons (Fsp3) is 0.533. The number of hydrogen-bond acceptors (Lipinski definition) is 4. The van der Waals surface area contributed by atoms with Crippen molar-refractivity contribution in [1.82, 2.24) is 14.7 Å². The number of hydrogen-bond donors (Lipinski definition) is 0. The average molecular weight is 542 g/mol. The van der Waals surface area contributed by atoms with Gasteiger partial charge in [0.15, 0.2) is 0 Å². The molecule has 0 spiro atoms. The summed E-state index contributed by atoms with van der Waals surface area (Å²) in [4.78, 5) is 14.4. The van der Waals surface area contributed by atoms with Gasteiger partial charge in [0.05, 0.1) is 18.7 Å². The van der Waals surface area contributed by atoms with E-state index in [1.54, 1.807) is 4.90 Å². The molecule has 204 valence electrons. The molecule has 8 heteroatoms. The highest BCUT2D eigenvalue weighted by Crippen LogP contribution is 2.37. The predicted octanol–water partition coefficient (Wildman–Crippen LogP) is 6.77. The van der Waals surface area contributed by atoms with E-state index in [1.165, 1.54) is 25.0 Å². The smallest absolute Gasteiger partial charge is 0.410 e. The second-order valence-electron chi connectivity index (χ2n) is 11.9. The maximum absolute atomic E-state index is 13.7. The van der Waals surface area contributed by atoms with E-state index in [0.29, 0.717) is 50.6 Å². The summed E-state index contributed by atoms with van der Waals surface area (Å²) in [6, 6.07) is 10.6. The van der Waals surface area contributed by atoms with Crippen molar-refractivity contribution in [3.05, 3.63) is 64.6 Å². The van der Waals surface area contributed by atoms with Gasteiger partial charge in [0, 0.05) is 41.7 Å². The van der Waals surface area contributed by atoms with Gasteiger partial charge in [0.2, 0.25) is 0 Å². The lowest BCUT2D eigenvalue weighted by Crippen LogP contribution is -2.48. The van der Waals surface area contributed by atoms with E-state index in [1.807, 2.05) is 49.7 Å². The van der Waals surface area contributed by atoms with E-state index >= 15 is 0 Å². The Kier molecular flexibility index (Phi) is 7.70. The van der Waals surface area contributed by atoms with Gasteiger partial charge >= 0.3 is 6.09 Å². The Balaban J connectivity index is 1.25. The lowest BCUT2D eigenvalue weighted by molar-refractivity contribution is 0.00566. The number of nitrogens with zero attached hydrogens (tertiary/aromatic N) is 3. The molecule has 1 aliphatic carbocycles. The third kappa shape index (κ3) is 6.49. The summed E-state index contributed by atoms with van der Waals surface area (Å²) in [6.07, 6.45) is 6.48. The molecular formula is C30H37ClFN3O3. The number of piperidine rings is 1. The van der Waals surface area contributed by atoms with Crippen LogP contribution in [0.15, 0.2) is 42.6 Å². The van der Waals surface area contributed by atoms with E-state index in [4.69, 9.17) is 26.2 Å². The molecule has 6 nitrogen and oxygen atoms in total. The molecule has 1 aromatic heterocycles. The topological polar surface area (TPSA) is 56.6 Å². The summed E-state index contributed by atoms with van der Waals surface area (Å²) in [5, 5.41) is 6.60. The van der Waals surface area contributed by atoms with E-state index in [2.05, 4.69) is 6.20 Å². The minimum Gasteiger partial charge on any atom is -0.444 e. The third-order valence-corrected chi connectivity index (χ3v) is 7.78. The van der Waals surface area contributed by atoms with Crippen LogP contribution in [-0.4, -0.2) is 52.7 Å². The number of rotatable bonds is 8. The first-order chi connectivity index (χ1) is 18.1. The molecule has 5 rings (SSSR count). The summed E-state index contributed by atoms with van der Waals surface area (Å²) < 4.78 is 27.6. The molecule has 2 fully saturated rings. The van der Waals surface area contributed by atoms with Crippen LogP contribution in [0.25, 0.3) is 10.9 Å². The zero-order valence-electron chi connectivity index (χ0n) is 22.5. The van der Waals surface area contributed by atoms with E-state index in [0.717, 1.165) is 34.5 Å². The SMILES string of the molecule is CC(C)(C)OC(=O)N1CCC(COCCc2cc(Cl)cc3cn(CC4CC4)nc23)(c2ccc(F)cc2)CC1. The van der Waals surface area contributed by atoms with Gasteiger partial charge in [0.25, 0.3) is 0 Å². The molecule has 0 bridgehead atoms. The normalized spacial score (nSPS) is 17.7. The number of aromatic nitrogens is 2. The number of amides is 1. The first kappa shape index (κ1) is 26.9. The Morgan fingerprint density at radius 3 is 2.53 bits per heavy atom. The van der Waals surface area contributed by atoms with Gasteiger partial charge in [-0.15, -0.1) is 0 Å². The van der Waals surface area contributed by atoms with Crippen LogP contribution in [-0.2, 0) is 27.9 Å². The van der Waals surface area contributed by atoms with Crippen LogP contribution in [0.2, 0.25) is 5.02 Å². The Morgan fingerprint density at radius 1 is 1.16 bits per heavy atom. The lowest BCUT2D eigenvalue weighted by atomic mass is 9.73. The molecule has 38 heavy (non-hydrogen) atoms. The third-order valence-electron chi connectivity index (χ3n) is 7.56. The molecule has 1 aliphatic heterocycles. The first-order valence-electron chi connectivity index (χ1n) is 13.6. The number of carbonyl (C=O) groups excluding carboxylic acids is 1. The summed E-state index contributed by atoms with van der Waals surface area (Å²) >= 11 is 6.43. The van der Waals surface area contributed by atoms with Crippen molar-refractivity contribution in [3.63, 3.8) is 0 Å². The van der Waals surface area contributed by atoms with Crippen LogP contribution in [0.1, 0.15) is 57.6 Å². The fourth-order valence-corrected chi connectivity index (χ4v) is 5.53. The standard InChI is InChI=1S/C30H37ClFN3O3/c1-29(2,3)38-28(36)34-13-11-30(12-14-34,24-6-8-26(32)9-7-24)20-37-15-10-22-16-25(31)17-23-19-35(33-27(22)23)18-21-4-5-21/h6-9,16-17,19,21H,4-5,10-15,18,20H2,1-3H3. The van der Waals surface area contributed by atoms with Crippen molar-refractivity contribution in [1.29, 1.82) is 0 Å². The summed E-state index contributed by atoms with van der Waals surface area (Å²) in [5.41, 5.74) is 2.26. The lowest BCUT2D eigenvalue weighted by Gasteiger charge is -2.42. The maximum Gasteiger partial charge on any atom is 0.410 e. The molecule has 1 saturated heterocycles. The van der Waals surface area contributed by atoms with E-state index in [9.17, 15) is 9.18 Å². The van der Waals surface area contributed by atoms with Gasteiger partial charge in [-0.25, -0.2) is 9.18 Å². The van der Waals surface area contributed by atoms with Crippen molar-refractivity contribution < 1.29 is 18.7 Å². The van der Waals surface area contributed by atoms with Crippen LogP contribution in [0.3, 0.4) is 0 Å². The molecule has 0 radical (unpaired) electrons. The number of benzene rings is 2. The van der Waals surface area contributed by atoms with E-state index < -0.39 is 5.60 Å². The Hall–Kier alpha value is -2.64. The number of fused-ring (bicyclic) bond motifs is 1. The Bertz CT molecular complexity index is 1270. The molecule has 3 aromatic rings. The van der Waals surface area contributed by atoms with E-state index in [-0.39, 0.29) is 17.3 Å². The minimum atomic E-state index is -0.537. The van der Waals surface area contributed by atoms with Gasteiger partial charge < -0.3 is 14.4 Å². The van der Waals surface area contributed by atoms with Crippen LogP contribution >= 0.6 is 11.6 Å². The second-order valence-corrected chi connectivity index (χ2v) is 12.3. The maximum atomic E-state index is 13.7. The summed E-state index contributed by atoms with van der Waals surface area (Å²) in [6.45, 7) is 8.70. The van der Waals surface area contributed by atoms with Crippen molar-refractivity contribution >= 4 is 28.6 Å². The second kappa shape index (κ2) is 10.9. The Morgan fingerprint density at radius 2 is 1.87 bits per heavy atom. The van der Waals surface area contributed by atoms with Crippen molar-refractivity contribution in [3.8, 4) is 0 Å². The van der Waals surface area contributed by atoms with Crippen LogP contribution in [0.4, 0.5) is 9.18 Å². The highest BCUT2D eigenvalue weighted by molar-refractivity contribution is 6.31. The average Bonchev–Trinajstić information content (AvgIpc) is 3.58. The number of ether oxygens (including phenoxy) is 2. The van der Waals surface area contributed by atoms with Crippen molar-refractivity contribution in [2.45, 2.75) is 70.4 Å². The zero-order chi connectivity index (χ0) is 26.9. The largest absolute Gasteiger partial charge is 0.444 e. The summed E-state index contributed by atoms with van der Waals surface area (Å²) in [7, 11) is 0. The predicted molar refractivity (Wildman–Crippen MR) is 147 cm³/mol. The van der Waals surface area contributed by atoms with Crippen LogP contribution < -0.4 is 0 Å².